The molecule has 158 valence electrons. The maximum absolute atomic E-state index is 12.4. The standard InChI is InChI=1S/C25H35NO3/c1-16-17(2)29-18(3)20-13-14-24(4,5)22(21(16)20)25(6,7)15-28-23(27)26-19-11-9-8-10-12-19/h8-12,18,22H,13-15H2,1-7H3,(H,26,27). The fourth-order valence-electron chi connectivity index (χ4n) is 5.26. The quantitative estimate of drug-likeness (QED) is 0.614. The summed E-state index contributed by atoms with van der Waals surface area (Å²) >= 11 is 0. The van der Waals surface area contributed by atoms with Crippen molar-refractivity contribution in [3.8, 4) is 0 Å². The third-order valence-electron chi connectivity index (χ3n) is 6.61. The Balaban J connectivity index is 1.83. The number of carbonyl (C=O) groups is 1. The van der Waals surface area contributed by atoms with Crippen molar-refractivity contribution >= 4 is 11.8 Å². The average Bonchev–Trinajstić information content (AvgIpc) is 2.64. The van der Waals surface area contributed by atoms with Crippen molar-refractivity contribution in [3.05, 3.63) is 52.8 Å². The van der Waals surface area contributed by atoms with Crippen LogP contribution in [0.2, 0.25) is 0 Å². The first-order valence-electron chi connectivity index (χ1n) is 10.6. The van der Waals surface area contributed by atoms with E-state index in [1.54, 1.807) is 0 Å². The number of rotatable bonds is 4. The first-order chi connectivity index (χ1) is 13.5. The Kier molecular flexibility index (Phi) is 5.84. The average molecular weight is 398 g/mol. The molecule has 1 aliphatic carbocycles. The van der Waals surface area contributed by atoms with Gasteiger partial charge < -0.3 is 9.47 Å². The van der Waals surface area contributed by atoms with Gasteiger partial charge in [0.05, 0.1) is 12.4 Å². The zero-order valence-electron chi connectivity index (χ0n) is 18.9. The van der Waals surface area contributed by atoms with Crippen LogP contribution in [0, 0.1) is 16.7 Å². The van der Waals surface area contributed by atoms with Crippen molar-refractivity contribution in [1.29, 1.82) is 0 Å². The minimum atomic E-state index is -0.407. The second-order valence-electron chi connectivity index (χ2n) is 9.86. The highest BCUT2D eigenvalue weighted by Gasteiger charge is 2.49. The molecule has 0 aromatic heterocycles. The Morgan fingerprint density at radius 2 is 1.90 bits per heavy atom. The van der Waals surface area contributed by atoms with Crippen LogP contribution in [0.15, 0.2) is 52.8 Å². The van der Waals surface area contributed by atoms with Gasteiger partial charge in [-0.05, 0) is 73.8 Å². The lowest BCUT2D eigenvalue weighted by atomic mass is 9.55. The first-order valence-corrected chi connectivity index (χ1v) is 10.6. The molecule has 0 spiro atoms. The maximum atomic E-state index is 12.4. The molecule has 29 heavy (non-hydrogen) atoms. The number of hydrogen-bond acceptors (Lipinski definition) is 3. The largest absolute Gasteiger partial charge is 0.491 e. The van der Waals surface area contributed by atoms with Gasteiger partial charge in [-0.3, -0.25) is 5.32 Å². The molecule has 2 unspecified atom stereocenters. The summed E-state index contributed by atoms with van der Waals surface area (Å²) in [6, 6.07) is 9.41. The monoisotopic (exact) mass is 397 g/mol. The van der Waals surface area contributed by atoms with Crippen LogP contribution in [-0.2, 0) is 9.47 Å². The number of hydrogen-bond donors (Lipinski definition) is 1. The van der Waals surface area contributed by atoms with E-state index in [2.05, 4.69) is 53.8 Å². The second kappa shape index (κ2) is 7.89. The molecule has 2 atom stereocenters. The van der Waals surface area contributed by atoms with Crippen LogP contribution in [0.3, 0.4) is 0 Å². The predicted molar refractivity (Wildman–Crippen MR) is 118 cm³/mol. The Morgan fingerprint density at radius 3 is 2.55 bits per heavy atom. The van der Waals surface area contributed by atoms with Gasteiger partial charge in [-0.25, -0.2) is 4.79 Å². The summed E-state index contributed by atoms with van der Waals surface area (Å²) in [6.07, 6.45) is 1.88. The van der Waals surface area contributed by atoms with Gasteiger partial charge in [-0.2, -0.15) is 0 Å². The fourth-order valence-corrected chi connectivity index (χ4v) is 5.26. The SMILES string of the molecule is CC1=C(C)C2=C(CCC(C)(C)C2C(C)(C)COC(=O)Nc2ccccc2)C(C)O1. The van der Waals surface area contributed by atoms with Crippen LogP contribution in [-0.4, -0.2) is 18.8 Å². The van der Waals surface area contributed by atoms with Crippen LogP contribution in [0.25, 0.3) is 0 Å². The third kappa shape index (κ3) is 4.36. The van der Waals surface area contributed by atoms with Crippen molar-refractivity contribution in [1.82, 2.24) is 0 Å². The summed E-state index contributed by atoms with van der Waals surface area (Å²) in [7, 11) is 0. The molecular formula is C25H35NO3. The summed E-state index contributed by atoms with van der Waals surface area (Å²) in [5.74, 6) is 1.29. The van der Waals surface area contributed by atoms with Crippen molar-refractivity contribution < 1.29 is 14.3 Å². The second-order valence-corrected chi connectivity index (χ2v) is 9.86. The highest BCUT2D eigenvalue weighted by atomic mass is 16.5. The number of ether oxygens (including phenoxy) is 2. The molecule has 3 rings (SSSR count). The van der Waals surface area contributed by atoms with E-state index in [1.165, 1.54) is 16.7 Å². The summed E-state index contributed by atoms with van der Waals surface area (Å²) in [5, 5.41) is 2.81. The van der Waals surface area contributed by atoms with Gasteiger partial charge in [0.2, 0.25) is 0 Å². The van der Waals surface area contributed by atoms with E-state index < -0.39 is 6.09 Å². The minimum absolute atomic E-state index is 0.111. The molecule has 0 bridgehead atoms. The van der Waals surface area contributed by atoms with E-state index in [1.807, 2.05) is 30.3 Å². The van der Waals surface area contributed by atoms with Crippen LogP contribution in [0.1, 0.15) is 61.3 Å². The number of nitrogens with one attached hydrogen (secondary N) is 1. The number of para-hydroxylation sites is 1. The number of allylic oxidation sites excluding steroid dienone is 3. The molecule has 2 aliphatic rings. The molecule has 0 fully saturated rings. The third-order valence-corrected chi connectivity index (χ3v) is 6.61. The highest BCUT2D eigenvalue weighted by molar-refractivity contribution is 5.84. The molecule has 0 saturated heterocycles. The van der Waals surface area contributed by atoms with Crippen molar-refractivity contribution in [2.75, 3.05) is 11.9 Å². The number of anilines is 1. The molecular weight excluding hydrogens is 362 g/mol. The topological polar surface area (TPSA) is 47.6 Å². The van der Waals surface area contributed by atoms with Gasteiger partial charge in [0.15, 0.2) is 0 Å². The number of benzene rings is 1. The zero-order valence-corrected chi connectivity index (χ0v) is 18.9. The summed E-state index contributed by atoms with van der Waals surface area (Å²) < 4.78 is 11.8. The smallest absolute Gasteiger partial charge is 0.411 e. The Hall–Kier alpha value is -2.23. The molecule has 1 amide bonds. The Bertz CT molecular complexity index is 833. The highest BCUT2D eigenvalue weighted by Crippen LogP contribution is 2.56. The van der Waals surface area contributed by atoms with Crippen LogP contribution in [0.5, 0.6) is 0 Å². The first kappa shape index (κ1) is 21.5. The predicted octanol–water partition coefficient (Wildman–Crippen LogP) is 6.71. The molecule has 1 aromatic rings. The number of carbonyl (C=O) groups excluding carboxylic acids is 1. The summed E-state index contributed by atoms with van der Waals surface area (Å²) in [5.41, 5.74) is 4.73. The minimum Gasteiger partial charge on any atom is -0.491 e. The van der Waals surface area contributed by atoms with Crippen LogP contribution in [0.4, 0.5) is 10.5 Å². The van der Waals surface area contributed by atoms with Crippen molar-refractivity contribution in [2.45, 2.75) is 67.4 Å². The van der Waals surface area contributed by atoms with E-state index in [-0.39, 0.29) is 22.9 Å². The van der Waals surface area contributed by atoms with Gasteiger partial charge in [-0.15, -0.1) is 0 Å². The summed E-state index contributed by atoms with van der Waals surface area (Å²) in [4.78, 5) is 12.4. The summed E-state index contributed by atoms with van der Waals surface area (Å²) in [6.45, 7) is 15.9. The van der Waals surface area contributed by atoms with Gasteiger partial charge in [0, 0.05) is 11.1 Å². The number of amides is 1. The Morgan fingerprint density at radius 1 is 1.24 bits per heavy atom. The van der Waals surface area contributed by atoms with Crippen LogP contribution < -0.4 is 5.32 Å². The molecule has 0 saturated carbocycles. The lowest BCUT2D eigenvalue weighted by Crippen LogP contribution is -2.45. The van der Waals surface area contributed by atoms with Gasteiger partial charge in [-0.1, -0.05) is 45.9 Å². The van der Waals surface area contributed by atoms with E-state index >= 15 is 0 Å². The van der Waals surface area contributed by atoms with Crippen molar-refractivity contribution in [2.24, 2.45) is 16.7 Å². The normalized spacial score (nSPS) is 24.0. The van der Waals surface area contributed by atoms with Gasteiger partial charge in [0.25, 0.3) is 0 Å². The molecule has 1 aliphatic heterocycles. The molecule has 4 heteroatoms. The van der Waals surface area contributed by atoms with E-state index in [4.69, 9.17) is 9.47 Å². The van der Waals surface area contributed by atoms with Gasteiger partial charge >= 0.3 is 6.09 Å². The molecule has 0 radical (unpaired) electrons. The lowest BCUT2D eigenvalue weighted by Gasteiger charge is -2.51. The Labute approximate surface area is 175 Å². The van der Waals surface area contributed by atoms with Crippen molar-refractivity contribution in [3.63, 3.8) is 0 Å². The molecule has 1 aromatic carbocycles. The maximum Gasteiger partial charge on any atom is 0.411 e. The fraction of sp³-hybridized carbons (Fsp3) is 0.560. The lowest BCUT2D eigenvalue weighted by molar-refractivity contribution is 0.0188. The zero-order chi connectivity index (χ0) is 21.4. The van der Waals surface area contributed by atoms with Gasteiger partial charge in [0.1, 0.15) is 6.10 Å². The molecule has 1 heterocycles. The van der Waals surface area contributed by atoms with E-state index in [9.17, 15) is 4.79 Å². The van der Waals surface area contributed by atoms with E-state index in [0.29, 0.717) is 6.61 Å². The van der Waals surface area contributed by atoms with E-state index in [0.717, 1.165) is 24.3 Å². The molecule has 4 nitrogen and oxygen atoms in total. The van der Waals surface area contributed by atoms with Crippen LogP contribution >= 0.6 is 0 Å². The molecule has 1 N–H and O–H groups in total.